The van der Waals surface area contributed by atoms with Crippen molar-refractivity contribution in [2.45, 2.75) is 56.7 Å². The summed E-state index contributed by atoms with van der Waals surface area (Å²) in [4.78, 5) is 18.3. The number of hydrogen-bond donors (Lipinski definition) is 2. The third-order valence-corrected chi connectivity index (χ3v) is 6.90. The minimum absolute atomic E-state index is 0.00112. The maximum atomic E-state index is 12.8. The number of piperidine rings is 1. The van der Waals surface area contributed by atoms with E-state index < -0.39 is 18.1 Å². The van der Waals surface area contributed by atoms with Crippen molar-refractivity contribution in [3.8, 4) is 11.4 Å². The van der Waals surface area contributed by atoms with Crippen LogP contribution < -0.4 is 5.32 Å². The summed E-state index contributed by atoms with van der Waals surface area (Å²) in [6, 6.07) is 9.44. The Morgan fingerprint density at radius 3 is 2.50 bits per heavy atom. The van der Waals surface area contributed by atoms with Gasteiger partial charge in [-0.15, -0.1) is 0 Å². The maximum Gasteiger partial charge on any atom is 0.434 e. The van der Waals surface area contributed by atoms with Crippen LogP contribution in [0.5, 0.6) is 0 Å². The summed E-state index contributed by atoms with van der Waals surface area (Å²) in [6.07, 6.45) is 2.44. The summed E-state index contributed by atoms with van der Waals surface area (Å²) >= 11 is 0. The number of likely N-dealkylation sites (tertiary alicyclic amines) is 1. The molecule has 34 heavy (non-hydrogen) atoms. The zero-order valence-electron chi connectivity index (χ0n) is 18.5. The number of aliphatic hydroxyl groups excluding tert-OH is 1. The first-order valence-corrected chi connectivity index (χ1v) is 11.3. The molecule has 5 rings (SSSR count). The number of fused-ring (bicyclic) bond motifs is 2. The van der Waals surface area contributed by atoms with Gasteiger partial charge in [-0.05, 0) is 31.2 Å². The first-order chi connectivity index (χ1) is 16.4. The van der Waals surface area contributed by atoms with Crippen molar-refractivity contribution >= 4 is 5.82 Å². The second-order valence-corrected chi connectivity index (χ2v) is 8.79. The molecule has 1 saturated carbocycles. The summed E-state index contributed by atoms with van der Waals surface area (Å²) in [5.74, 6) is 1.21. The zero-order chi connectivity index (χ0) is 23.9. The molecule has 2 N–H and O–H groups in total. The van der Waals surface area contributed by atoms with E-state index in [-0.39, 0.29) is 18.1 Å². The Balaban J connectivity index is 1.40. The minimum atomic E-state index is -4.52. The number of alkyl halides is 3. The van der Waals surface area contributed by atoms with Crippen molar-refractivity contribution < 1.29 is 18.3 Å². The van der Waals surface area contributed by atoms with Crippen LogP contribution in [0.15, 0.2) is 55.1 Å². The van der Waals surface area contributed by atoms with E-state index in [9.17, 15) is 18.3 Å². The monoisotopic (exact) mass is 470 g/mol. The van der Waals surface area contributed by atoms with Gasteiger partial charge in [0, 0.05) is 41.6 Å². The Hall–Kier alpha value is -3.11. The smallest absolute Gasteiger partial charge is 0.374 e. The number of nitrogens with one attached hydrogen (secondary N) is 1. The molecule has 3 heterocycles. The van der Waals surface area contributed by atoms with Crippen molar-refractivity contribution in [2.24, 2.45) is 5.92 Å². The largest absolute Gasteiger partial charge is 0.434 e. The van der Waals surface area contributed by atoms with Crippen molar-refractivity contribution in [1.82, 2.24) is 24.8 Å². The average molecular weight is 470 g/mol. The van der Waals surface area contributed by atoms with E-state index in [1.807, 2.05) is 24.3 Å². The van der Waals surface area contributed by atoms with Crippen LogP contribution in [0.25, 0.3) is 11.4 Å². The van der Waals surface area contributed by atoms with Crippen LogP contribution in [0.1, 0.15) is 43.7 Å². The predicted molar refractivity (Wildman–Crippen MR) is 119 cm³/mol. The van der Waals surface area contributed by atoms with E-state index in [0.717, 1.165) is 42.8 Å². The quantitative estimate of drug-likeness (QED) is 0.556. The third kappa shape index (κ3) is 4.12. The third-order valence-electron chi connectivity index (χ3n) is 6.90. The fraction of sp³-hybridized carbons (Fsp3) is 0.417. The molecule has 1 saturated heterocycles. The summed E-state index contributed by atoms with van der Waals surface area (Å²) in [5, 5.41) is 14.8. The number of aliphatic hydroxyl groups is 1. The van der Waals surface area contributed by atoms with Gasteiger partial charge in [-0.3, -0.25) is 4.90 Å². The molecule has 1 aliphatic heterocycles. The number of rotatable bonds is 6. The Morgan fingerprint density at radius 1 is 1.06 bits per heavy atom. The highest BCUT2D eigenvalue weighted by Gasteiger charge is 2.53. The fourth-order valence-corrected chi connectivity index (χ4v) is 5.51. The van der Waals surface area contributed by atoms with Gasteiger partial charge in [0.25, 0.3) is 0 Å². The normalized spacial score (nSPS) is 25.4. The molecule has 0 spiro atoms. The van der Waals surface area contributed by atoms with Gasteiger partial charge in [-0.1, -0.05) is 31.2 Å². The van der Waals surface area contributed by atoms with Gasteiger partial charge in [-0.2, -0.15) is 13.2 Å². The Labute approximate surface area is 195 Å². The standard InChI is InChI=1S/C24H25F3N6O/c1-2-18-14-10-17(32-21-13-30-20(12-31-21)24(25,26)27)19(11-14)33(18)23(34)16-7-4-3-6-15(16)22-28-8-5-9-29-22/h3-9,12-14,17-19,23,34H,2,10-11H2,1H3,(H,31,32). The van der Waals surface area contributed by atoms with E-state index >= 15 is 0 Å². The lowest BCUT2D eigenvalue weighted by Crippen LogP contribution is -2.51. The molecular formula is C24H25F3N6O. The molecule has 3 aromatic rings. The molecule has 10 heteroatoms. The van der Waals surface area contributed by atoms with Crippen LogP contribution in [-0.2, 0) is 6.18 Å². The molecule has 5 unspecified atom stereocenters. The Bertz CT molecular complexity index is 1130. The van der Waals surface area contributed by atoms with Crippen LogP contribution >= 0.6 is 0 Å². The highest BCUT2D eigenvalue weighted by molar-refractivity contribution is 5.60. The molecule has 1 aromatic carbocycles. The van der Waals surface area contributed by atoms with Crippen LogP contribution in [0.2, 0.25) is 0 Å². The maximum absolute atomic E-state index is 12.8. The summed E-state index contributed by atoms with van der Waals surface area (Å²) in [6.45, 7) is 2.11. The van der Waals surface area contributed by atoms with E-state index in [0.29, 0.717) is 17.6 Å². The van der Waals surface area contributed by atoms with Crippen molar-refractivity contribution in [3.63, 3.8) is 0 Å². The van der Waals surface area contributed by atoms with E-state index in [1.54, 1.807) is 18.5 Å². The molecule has 1 aliphatic carbocycles. The summed E-state index contributed by atoms with van der Waals surface area (Å²) in [5.41, 5.74) is 0.480. The predicted octanol–water partition coefficient (Wildman–Crippen LogP) is 4.30. The Morgan fingerprint density at radius 2 is 1.82 bits per heavy atom. The van der Waals surface area contributed by atoms with Crippen LogP contribution in [0.3, 0.4) is 0 Å². The molecule has 2 fully saturated rings. The molecule has 178 valence electrons. The first-order valence-electron chi connectivity index (χ1n) is 11.3. The van der Waals surface area contributed by atoms with Gasteiger partial charge in [0.1, 0.15) is 12.0 Å². The fourth-order valence-electron chi connectivity index (χ4n) is 5.51. The van der Waals surface area contributed by atoms with Crippen LogP contribution in [-0.4, -0.2) is 48.1 Å². The molecule has 2 bridgehead atoms. The zero-order valence-corrected chi connectivity index (χ0v) is 18.5. The lowest BCUT2D eigenvalue weighted by Gasteiger charge is -2.42. The molecule has 2 aliphatic rings. The molecule has 7 nitrogen and oxygen atoms in total. The topological polar surface area (TPSA) is 87.1 Å². The van der Waals surface area contributed by atoms with Gasteiger partial charge >= 0.3 is 6.18 Å². The Kier molecular flexibility index (Phi) is 5.95. The number of nitrogens with zero attached hydrogens (tertiary/aromatic N) is 5. The van der Waals surface area contributed by atoms with Crippen LogP contribution in [0, 0.1) is 5.92 Å². The molecule has 0 radical (unpaired) electrons. The van der Waals surface area contributed by atoms with Gasteiger partial charge in [-0.25, -0.2) is 19.9 Å². The highest BCUT2D eigenvalue weighted by atomic mass is 19.4. The molecular weight excluding hydrogens is 445 g/mol. The SMILES string of the molecule is CCC1C2CC(Nc3cnc(C(F)(F)F)cn3)C(C2)N1C(O)c1ccccc1-c1ncccn1. The number of aromatic nitrogens is 4. The van der Waals surface area contributed by atoms with Crippen molar-refractivity contribution in [2.75, 3.05) is 5.32 Å². The number of hydrogen-bond acceptors (Lipinski definition) is 7. The number of anilines is 1. The average Bonchev–Trinajstić information content (AvgIpc) is 3.42. The van der Waals surface area contributed by atoms with Crippen molar-refractivity contribution in [3.05, 3.63) is 66.4 Å². The molecule has 2 aromatic heterocycles. The van der Waals surface area contributed by atoms with Crippen molar-refractivity contribution in [1.29, 1.82) is 0 Å². The van der Waals surface area contributed by atoms with Gasteiger partial charge in [0.2, 0.25) is 0 Å². The second-order valence-electron chi connectivity index (χ2n) is 8.79. The van der Waals surface area contributed by atoms with Crippen LogP contribution in [0.4, 0.5) is 19.0 Å². The highest BCUT2D eigenvalue weighted by Crippen LogP contribution is 2.48. The lowest BCUT2D eigenvalue weighted by atomic mass is 9.93. The van der Waals surface area contributed by atoms with Gasteiger partial charge in [0.05, 0.1) is 12.4 Å². The minimum Gasteiger partial charge on any atom is -0.374 e. The van der Waals surface area contributed by atoms with Gasteiger partial charge < -0.3 is 10.4 Å². The van der Waals surface area contributed by atoms with Gasteiger partial charge in [0.15, 0.2) is 11.5 Å². The first kappa shape index (κ1) is 22.7. The van der Waals surface area contributed by atoms with E-state index in [2.05, 4.69) is 37.1 Å². The number of halogens is 3. The summed E-state index contributed by atoms with van der Waals surface area (Å²) < 4.78 is 38.5. The molecule has 5 atom stereocenters. The number of benzene rings is 1. The lowest BCUT2D eigenvalue weighted by molar-refractivity contribution is -0.141. The molecule has 0 amide bonds. The second kappa shape index (κ2) is 8.92. The van der Waals surface area contributed by atoms with E-state index in [1.165, 1.54) is 0 Å². The van der Waals surface area contributed by atoms with E-state index in [4.69, 9.17) is 0 Å². The summed E-state index contributed by atoms with van der Waals surface area (Å²) in [7, 11) is 0.